The highest BCUT2D eigenvalue weighted by molar-refractivity contribution is 5.77. The van der Waals surface area contributed by atoms with E-state index in [1.807, 2.05) is 0 Å². The Balaban J connectivity index is 6.58. The van der Waals surface area contributed by atoms with Crippen molar-refractivity contribution >= 4 is 5.97 Å². The van der Waals surface area contributed by atoms with Crippen molar-refractivity contribution in [3.05, 3.63) is 0 Å². The van der Waals surface area contributed by atoms with Crippen LogP contribution in [-0.2, 0) is 4.79 Å². The van der Waals surface area contributed by atoms with Gasteiger partial charge in [0.15, 0.2) is 0 Å². The molecular formula is C7HF13O2. The lowest BCUT2D eigenvalue weighted by Crippen LogP contribution is -2.74. The maximum atomic E-state index is 12.9. The van der Waals surface area contributed by atoms with E-state index < -0.39 is 41.8 Å². The zero-order valence-electron chi connectivity index (χ0n) is 9.27. The van der Waals surface area contributed by atoms with Crippen molar-refractivity contribution in [1.82, 2.24) is 0 Å². The number of carboxylic acids is 1. The number of halogens is 13. The van der Waals surface area contributed by atoms with E-state index in [4.69, 9.17) is 5.11 Å². The highest BCUT2D eigenvalue weighted by atomic mass is 19.4. The van der Waals surface area contributed by atoms with Crippen LogP contribution in [0, 0.1) is 0 Å². The fraction of sp³-hybridized carbons (Fsp3) is 0.857. The quantitative estimate of drug-likeness (QED) is 0.771. The van der Waals surface area contributed by atoms with E-state index >= 15 is 0 Å². The first-order valence-electron chi connectivity index (χ1n) is 4.38. The number of hydrogen-bond donors (Lipinski definition) is 1. The summed E-state index contributed by atoms with van der Waals surface area (Å²) < 4.78 is 160. The molecule has 0 unspecified atom stereocenters. The molecule has 0 spiro atoms. The predicted molar refractivity (Wildman–Crippen MR) is 38.4 cm³/mol. The Labute approximate surface area is 110 Å². The number of hydrogen-bond acceptors (Lipinski definition) is 1. The van der Waals surface area contributed by atoms with Gasteiger partial charge < -0.3 is 5.11 Å². The third kappa shape index (κ3) is 2.33. The molecule has 0 atom stereocenters. The van der Waals surface area contributed by atoms with Crippen molar-refractivity contribution in [1.29, 1.82) is 0 Å². The lowest BCUT2D eigenvalue weighted by molar-refractivity contribution is -0.441. The average Bonchev–Trinajstić information content (AvgIpc) is 2.23. The summed E-state index contributed by atoms with van der Waals surface area (Å²) >= 11 is 0. The molecule has 2 nitrogen and oxygen atoms in total. The number of rotatable bonds is 4. The highest BCUT2D eigenvalue weighted by Crippen LogP contribution is 2.61. The van der Waals surface area contributed by atoms with E-state index in [1.165, 1.54) is 0 Å². The number of carbonyl (C=O) groups is 1. The number of carboxylic acid groups (broad SMARTS) is 1. The van der Waals surface area contributed by atoms with Crippen molar-refractivity contribution in [2.75, 3.05) is 0 Å². The fourth-order valence-electron chi connectivity index (χ4n) is 1.06. The molecule has 0 aromatic heterocycles. The van der Waals surface area contributed by atoms with Gasteiger partial charge in [0, 0.05) is 0 Å². The molecule has 0 aromatic rings. The van der Waals surface area contributed by atoms with Crippen LogP contribution in [0.3, 0.4) is 0 Å². The van der Waals surface area contributed by atoms with Gasteiger partial charge in [0.1, 0.15) is 0 Å². The van der Waals surface area contributed by atoms with Crippen molar-refractivity contribution in [2.45, 2.75) is 35.8 Å². The van der Waals surface area contributed by atoms with Crippen LogP contribution in [0.15, 0.2) is 0 Å². The molecule has 0 aliphatic heterocycles. The second-order valence-electron chi connectivity index (χ2n) is 3.68. The molecule has 0 aliphatic rings. The van der Waals surface area contributed by atoms with Gasteiger partial charge in [-0.1, -0.05) is 0 Å². The lowest BCUT2D eigenvalue weighted by atomic mass is 9.87. The summed E-state index contributed by atoms with van der Waals surface area (Å²) in [6, 6.07) is 0. The van der Waals surface area contributed by atoms with E-state index in [-0.39, 0.29) is 0 Å². The largest absolute Gasteiger partial charge is 0.477 e. The molecule has 0 aromatic carbocycles. The number of alkyl halides is 13. The molecule has 15 heteroatoms. The number of aliphatic carboxylic acids is 1. The minimum absolute atomic E-state index is 4.19. The molecule has 0 fully saturated rings. The Bertz CT molecular complexity index is 430. The standard InChI is InChI=1S/C7HF13O2/c8-2(9,1(21)22)4(11,12)5(13,14)3(10,6(15,16)17)7(18,19)20/h(H,21,22). The second-order valence-corrected chi connectivity index (χ2v) is 3.68. The minimum Gasteiger partial charge on any atom is -0.477 e. The first kappa shape index (κ1) is 20.6. The van der Waals surface area contributed by atoms with Crippen LogP contribution >= 0.6 is 0 Å². The molecule has 0 heterocycles. The van der Waals surface area contributed by atoms with E-state index in [9.17, 15) is 61.9 Å². The molecule has 0 saturated carbocycles. The van der Waals surface area contributed by atoms with Gasteiger partial charge in [-0.15, -0.1) is 0 Å². The molecule has 0 radical (unpaired) electrons. The van der Waals surface area contributed by atoms with Crippen LogP contribution in [0.2, 0.25) is 0 Å². The van der Waals surface area contributed by atoms with Gasteiger partial charge in [-0.25, -0.2) is 9.18 Å². The highest BCUT2D eigenvalue weighted by Gasteiger charge is 2.94. The van der Waals surface area contributed by atoms with Gasteiger partial charge in [-0.2, -0.15) is 52.7 Å². The van der Waals surface area contributed by atoms with Crippen LogP contribution in [0.5, 0.6) is 0 Å². The van der Waals surface area contributed by atoms with Crippen molar-refractivity contribution in [2.24, 2.45) is 0 Å². The first-order chi connectivity index (χ1) is 9.19. The van der Waals surface area contributed by atoms with Gasteiger partial charge in [-0.05, 0) is 0 Å². The summed E-state index contributed by atoms with van der Waals surface area (Å²) in [5.41, 5.74) is -8.13. The Morgan fingerprint density at radius 1 is 0.591 bits per heavy atom. The van der Waals surface area contributed by atoms with Crippen molar-refractivity contribution < 1.29 is 67.0 Å². The monoisotopic (exact) mass is 364 g/mol. The Kier molecular flexibility index (Phi) is 4.46. The van der Waals surface area contributed by atoms with Crippen LogP contribution < -0.4 is 0 Å². The van der Waals surface area contributed by atoms with Gasteiger partial charge in [0.2, 0.25) is 0 Å². The van der Waals surface area contributed by atoms with Crippen molar-refractivity contribution in [3.8, 4) is 0 Å². The summed E-state index contributed by atoms with van der Waals surface area (Å²) in [7, 11) is 0. The Hall–Kier alpha value is -1.44. The molecule has 1 N–H and O–H groups in total. The van der Waals surface area contributed by atoms with Gasteiger partial charge in [-0.3, -0.25) is 0 Å². The van der Waals surface area contributed by atoms with Crippen LogP contribution in [0.1, 0.15) is 0 Å². The van der Waals surface area contributed by atoms with Crippen LogP contribution in [0.4, 0.5) is 57.1 Å². The summed E-state index contributed by atoms with van der Waals surface area (Å²) in [6.45, 7) is 0. The van der Waals surface area contributed by atoms with Crippen molar-refractivity contribution in [3.63, 3.8) is 0 Å². The molecule has 0 aliphatic carbocycles. The molecule has 132 valence electrons. The zero-order chi connectivity index (χ0) is 18.6. The van der Waals surface area contributed by atoms with E-state index in [0.717, 1.165) is 0 Å². The molecule has 0 saturated heterocycles. The third-order valence-corrected chi connectivity index (χ3v) is 2.27. The predicted octanol–water partition coefficient (Wildman–Crippen LogP) is 3.81. The Morgan fingerprint density at radius 3 is 1.05 bits per heavy atom. The normalized spacial score (nSPS) is 15.9. The van der Waals surface area contributed by atoms with E-state index in [0.29, 0.717) is 0 Å². The molecule has 0 rings (SSSR count). The fourth-order valence-corrected chi connectivity index (χ4v) is 1.06. The van der Waals surface area contributed by atoms with E-state index in [2.05, 4.69) is 0 Å². The molecule has 0 bridgehead atoms. The topological polar surface area (TPSA) is 37.3 Å². The molecule has 22 heavy (non-hydrogen) atoms. The smallest absolute Gasteiger partial charge is 0.438 e. The minimum atomic E-state index is -8.20. The summed E-state index contributed by atoms with van der Waals surface area (Å²) in [5.74, 6) is -27.4. The Morgan fingerprint density at radius 2 is 0.864 bits per heavy atom. The maximum Gasteiger partial charge on any atom is 0.438 e. The average molecular weight is 364 g/mol. The lowest BCUT2D eigenvalue weighted by Gasteiger charge is -2.40. The summed E-state index contributed by atoms with van der Waals surface area (Å²) in [5, 5.41) is 7.56. The van der Waals surface area contributed by atoms with Gasteiger partial charge in [0.25, 0.3) is 0 Å². The maximum absolute atomic E-state index is 12.9. The van der Waals surface area contributed by atoms with Crippen LogP contribution in [-0.4, -0.2) is 46.9 Å². The summed E-state index contributed by atoms with van der Waals surface area (Å²) in [4.78, 5) is 9.69. The molecule has 0 amide bonds. The van der Waals surface area contributed by atoms with E-state index in [1.54, 1.807) is 0 Å². The van der Waals surface area contributed by atoms with Gasteiger partial charge >= 0.3 is 41.8 Å². The summed E-state index contributed by atoms with van der Waals surface area (Å²) in [6.07, 6.45) is -15.6. The second kappa shape index (κ2) is 4.78. The third-order valence-electron chi connectivity index (χ3n) is 2.27. The zero-order valence-corrected chi connectivity index (χ0v) is 9.27. The van der Waals surface area contributed by atoms with Crippen LogP contribution in [0.25, 0.3) is 0 Å². The first-order valence-corrected chi connectivity index (χ1v) is 4.38. The molecular weight excluding hydrogens is 363 g/mol. The van der Waals surface area contributed by atoms with Gasteiger partial charge in [0.05, 0.1) is 0 Å². The SMILES string of the molecule is O=C(O)C(F)(F)C(F)(F)C(F)(F)C(F)(C(F)(F)F)C(F)(F)F.